The Kier molecular flexibility index (Phi) is 3.22. The lowest BCUT2D eigenvalue weighted by molar-refractivity contribution is -0.186. The third-order valence-electron chi connectivity index (χ3n) is 2.19. The first-order chi connectivity index (χ1) is 7.60. The van der Waals surface area contributed by atoms with Crippen molar-refractivity contribution < 1.29 is 13.2 Å². The molecule has 17 heavy (non-hydrogen) atoms. The molecule has 0 atom stereocenters. The molecule has 2 rings (SSSR count). The van der Waals surface area contributed by atoms with Crippen LogP contribution in [0.3, 0.4) is 0 Å². The predicted octanol–water partition coefficient (Wildman–Crippen LogP) is 2.27. The summed E-state index contributed by atoms with van der Waals surface area (Å²) in [4.78, 5) is 0. The van der Waals surface area contributed by atoms with Crippen LogP contribution in [-0.2, 0) is 0 Å². The van der Waals surface area contributed by atoms with E-state index >= 15 is 0 Å². The summed E-state index contributed by atoms with van der Waals surface area (Å²) in [5.74, 6) is 0.676. The number of alkyl halides is 3. The molecule has 9 heteroatoms. The quantitative estimate of drug-likeness (QED) is 0.767. The van der Waals surface area contributed by atoms with Gasteiger partial charge in [-0.2, -0.15) is 18.4 Å². The van der Waals surface area contributed by atoms with Crippen molar-refractivity contribution in [3.05, 3.63) is 5.82 Å². The summed E-state index contributed by atoms with van der Waals surface area (Å²) in [6, 6.07) is 0. The molecule has 96 valence electrons. The van der Waals surface area contributed by atoms with E-state index in [-0.39, 0.29) is 0 Å². The summed E-state index contributed by atoms with van der Waals surface area (Å²) in [6.45, 7) is 6.19. The second-order valence-corrected chi connectivity index (χ2v) is 4.58. The highest BCUT2D eigenvalue weighted by atomic mass is 19.4. The average Bonchev–Trinajstić information content (AvgIpc) is 2.84. The molecule has 0 saturated heterocycles. The summed E-state index contributed by atoms with van der Waals surface area (Å²) >= 11 is 0. The predicted molar refractivity (Wildman–Crippen MR) is 52.0 cm³/mol. The number of halogens is 3. The standard InChI is InChI=1S/C6H9F3N2.C2H4N4/c1-4(2,3)5(10-11-5)6(7,8)9;1-2-3-5-6-4-2/h1-3H3;1H3,(H,3,4,5,6). The molecular weight excluding hydrogens is 237 g/mol. The second-order valence-electron chi connectivity index (χ2n) is 4.58. The molecule has 0 radical (unpaired) electrons. The van der Waals surface area contributed by atoms with Crippen molar-refractivity contribution in [3.63, 3.8) is 0 Å². The second kappa shape index (κ2) is 4.04. The third kappa shape index (κ3) is 2.77. The Morgan fingerprint density at radius 3 is 1.71 bits per heavy atom. The van der Waals surface area contributed by atoms with Gasteiger partial charge in [0.15, 0.2) is 5.82 Å². The van der Waals surface area contributed by atoms with Crippen LogP contribution in [0.4, 0.5) is 13.2 Å². The van der Waals surface area contributed by atoms with Crippen LogP contribution in [-0.4, -0.2) is 32.5 Å². The molecule has 0 amide bonds. The van der Waals surface area contributed by atoms with Gasteiger partial charge in [-0.05, 0) is 6.92 Å². The number of nitrogens with one attached hydrogen (secondary N) is 1. The SMILES string of the molecule is CC(C)(C)C1(C(F)(F)F)N=N1.Cc1nn[nH]n1. The highest BCUT2D eigenvalue weighted by molar-refractivity contribution is 5.08. The molecule has 0 spiro atoms. The van der Waals surface area contributed by atoms with Crippen LogP contribution in [0.5, 0.6) is 0 Å². The maximum absolute atomic E-state index is 12.2. The van der Waals surface area contributed by atoms with Gasteiger partial charge in [0.1, 0.15) is 0 Å². The van der Waals surface area contributed by atoms with E-state index in [0.29, 0.717) is 5.82 Å². The summed E-state index contributed by atoms with van der Waals surface area (Å²) in [5.41, 5.74) is -3.09. The van der Waals surface area contributed by atoms with E-state index in [2.05, 4.69) is 30.9 Å². The van der Waals surface area contributed by atoms with Gasteiger partial charge in [-0.25, -0.2) is 0 Å². The number of aromatic nitrogens is 4. The molecule has 6 nitrogen and oxygen atoms in total. The summed E-state index contributed by atoms with van der Waals surface area (Å²) in [5, 5.41) is 18.9. The van der Waals surface area contributed by atoms with Gasteiger partial charge in [-0.3, -0.25) is 0 Å². The minimum absolute atomic E-state index is 0.676. The molecule has 1 aliphatic heterocycles. The highest BCUT2D eigenvalue weighted by Gasteiger charge is 2.70. The minimum Gasteiger partial charge on any atom is -0.177 e. The van der Waals surface area contributed by atoms with Gasteiger partial charge in [-0.15, -0.1) is 20.4 Å². The van der Waals surface area contributed by atoms with Gasteiger partial charge < -0.3 is 0 Å². The molecule has 1 aromatic rings. The van der Waals surface area contributed by atoms with E-state index in [4.69, 9.17) is 0 Å². The Morgan fingerprint density at radius 1 is 1.12 bits per heavy atom. The number of hydrogen-bond donors (Lipinski definition) is 1. The average molecular weight is 250 g/mol. The smallest absolute Gasteiger partial charge is 0.177 e. The van der Waals surface area contributed by atoms with E-state index in [1.54, 1.807) is 6.92 Å². The molecule has 0 saturated carbocycles. The van der Waals surface area contributed by atoms with Crippen molar-refractivity contribution >= 4 is 0 Å². The van der Waals surface area contributed by atoms with E-state index in [1.165, 1.54) is 20.8 Å². The van der Waals surface area contributed by atoms with E-state index in [1.807, 2.05) is 0 Å². The number of nitrogens with zero attached hydrogens (tertiary/aromatic N) is 5. The number of H-pyrrole nitrogens is 1. The monoisotopic (exact) mass is 250 g/mol. The van der Waals surface area contributed by atoms with Crippen LogP contribution in [0.15, 0.2) is 10.2 Å². The first kappa shape index (κ1) is 13.5. The zero-order valence-corrected chi connectivity index (χ0v) is 9.87. The fraction of sp³-hybridized carbons (Fsp3) is 0.875. The van der Waals surface area contributed by atoms with Crippen molar-refractivity contribution in [2.75, 3.05) is 0 Å². The van der Waals surface area contributed by atoms with Gasteiger partial charge in [-0.1, -0.05) is 26.0 Å². The minimum atomic E-state index is -4.34. The van der Waals surface area contributed by atoms with Crippen molar-refractivity contribution in [2.24, 2.45) is 15.6 Å². The Hall–Kier alpha value is -1.54. The lowest BCUT2D eigenvalue weighted by atomic mass is 9.83. The zero-order valence-electron chi connectivity index (χ0n) is 9.87. The van der Waals surface area contributed by atoms with Gasteiger partial charge in [0.25, 0.3) is 5.66 Å². The number of hydrogen-bond acceptors (Lipinski definition) is 5. The van der Waals surface area contributed by atoms with Crippen LogP contribution in [0.2, 0.25) is 0 Å². The van der Waals surface area contributed by atoms with Gasteiger partial charge >= 0.3 is 6.18 Å². The van der Waals surface area contributed by atoms with Crippen LogP contribution in [0.25, 0.3) is 0 Å². The van der Waals surface area contributed by atoms with Crippen molar-refractivity contribution in [1.82, 2.24) is 20.6 Å². The third-order valence-corrected chi connectivity index (χ3v) is 2.19. The summed E-state index contributed by atoms with van der Waals surface area (Å²) in [6.07, 6.45) is -4.34. The largest absolute Gasteiger partial charge is 0.438 e. The summed E-state index contributed by atoms with van der Waals surface area (Å²) < 4.78 is 36.6. The number of aryl methyl sites for hydroxylation is 1. The van der Waals surface area contributed by atoms with Gasteiger partial charge in [0.2, 0.25) is 0 Å². The fourth-order valence-electron chi connectivity index (χ4n) is 1.10. The molecule has 0 aromatic carbocycles. The molecule has 2 heterocycles. The lowest BCUT2D eigenvalue weighted by Gasteiger charge is -2.27. The fourth-order valence-corrected chi connectivity index (χ4v) is 1.10. The first-order valence-corrected chi connectivity index (χ1v) is 4.81. The van der Waals surface area contributed by atoms with Crippen molar-refractivity contribution in [1.29, 1.82) is 0 Å². The van der Waals surface area contributed by atoms with Gasteiger partial charge in [0.05, 0.1) is 0 Å². The Labute approximate surface area is 95.7 Å². The number of rotatable bonds is 0. The topological polar surface area (TPSA) is 79.2 Å². The maximum atomic E-state index is 12.2. The lowest BCUT2D eigenvalue weighted by Crippen LogP contribution is -2.44. The van der Waals surface area contributed by atoms with Crippen LogP contribution in [0, 0.1) is 12.3 Å². The van der Waals surface area contributed by atoms with Crippen molar-refractivity contribution in [2.45, 2.75) is 39.5 Å². The number of aromatic amines is 1. The molecule has 0 aliphatic carbocycles. The number of tetrazole rings is 1. The molecule has 1 aliphatic rings. The summed E-state index contributed by atoms with van der Waals surface area (Å²) in [7, 11) is 0. The molecular formula is C8H13F3N6. The van der Waals surface area contributed by atoms with E-state index < -0.39 is 17.3 Å². The molecule has 1 aromatic heterocycles. The molecule has 0 bridgehead atoms. The maximum Gasteiger partial charge on any atom is 0.438 e. The first-order valence-electron chi connectivity index (χ1n) is 4.81. The van der Waals surface area contributed by atoms with E-state index in [0.717, 1.165) is 0 Å². The highest BCUT2D eigenvalue weighted by Crippen LogP contribution is 2.54. The normalized spacial score (nSPS) is 17.4. The van der Waals surface area contributed by atoms with Gasteiger partial charge in [0, 0.05) is 5.41 Å². The Balaban J connectivity index is 0.000000202. The zero-order chi connectivity index (χ0) is 13.3. The Morgan fingerprint density at radius 2 is 1.65 bits per heavy atom. The van der Waals surface area contributed by atoms with Crippen LogP contribution < -0.4 is 0 Å². The molecule has 0 unspecified atom stereocenters. The van der Waals surface area contributed by atoms with Crippen LogP contribution in [0.1, 0.15) is 26.6 Å². The molecule has 0 fully saturated rings. The molecule has 1 N–H and O–H groups in total. The van der Waals surface area contributed by atoms with Crippen molar-refractivity contribution in [3.8, 4) is 0 Å². The van der Waals surface area contributed by atoms with Crippen LogP contribution >= 0.6 is 0 Å². The van der Waals surface area contributed by atoms with E-state index in [9.17, 15) is 13.2 Å². The Bertz CT molecular complexity index is 366.